The molecule has 0 spiro atoms. The van der Waals surface area contributed by atoms with E-state index in [1.807, 2.05) is 6.07 Å². The highest BCUT2D eigenvalue weighted by molar-refractivity contribution is 5.73. The van der Waals surface area contributed by atoms with E-state index in [1.165, 1.54) is 13.0 Å². The summed E-state index contributed by atoms with van der Waals surface area (Å²) in [5, 5.41) is 2.94. The first kappa shape index (κ1) is 14.8. The van der Waals surface area contributed by atoms with Crippen molar-refractivity contribution in [2.75, 3.05) is 18.0 Å². The first-order valence-corrected chi connectivity index (χ1v) is 7.05. The van der Waals surface area contributed by atoms with Crippen LogP contribution in [0.5, 0.6) is 0 Å². The monoisotopic (exact) mass is 279 g/mol. The number of benzene rings is 1. The van der Waals surface area contributed by atoms with Gasteiger partial charge in [0.2, 0.25) is 5.91 Å². The van der Waals surface area contributed by atoms with Crippen LogP contribution in [-0.2, 0) is 4.79 Å². The Morgan fingerprint density at radius 3 is 2.65 bits per heavy atom. The zero-order chi connectivity index (χ0) is 14.7. The summed E-state index contributed by atoms with van der Waals surface area (Å²) in [5.41, 5.74) is 7.34. The molecule has 1 aliphatic heterocycles. The van der Waals surface area contributed by atoms with Crippen molar-refractivity contribution in [3.8, 4) is 0 Å². The molecule has 20 heavy (non-hydrogen) atoms. The Hall–Kier alpha value is -1.62. The van der Waals surface area contributed by atoms with Crippen molar-refractivity contribution in [1.82, 2.24) is 5.32 Å². The highest BCUT2D eigenvalue weighted by atomic mass is 19.1. The number of halogens is 1. The Morgan fingerprint density at radius 2 is 2.10 bits per heavy atom. The molecular weight excluding hydrogens is 257 g/mol. The molecule has 1 atom stereocenters. The lowest BCUT2D eigenvalue weighted by Crippen LogP contribution is -2.44. The Bertz CT molecular complexity index is 482. The average molecular weight is 279 g/mol. The summed E-state index contributed by atoms with van der Waals surface area (Å²) in [6, 6.07) is 4.97. The molecule has 1 aromatic carbocycles. The number of hydrogen-bond acceptors (Lipinski definition) is 3. The number of hydrogen-bond donors (Lipinski definition) is 2. The van der Waals surface area contributed by atoms with Crippen molar-refractivity contribution in [2.45, 2.75) is 38.8 Å². The molecule has 0 aliphatic carbocycles. The van der Waals surface area contributed by atoms with Crippen molar-refractivity contribution in [2.24, 2.45) is 5.73 Å². The molecule has 2 rings (SSSR count). The maximum absolute atomic E-state index is 13.9. The largest absolute Gasteiger partial charge is 0.371 e. The first-order chi connectivity index (χ1) is 9.49. The summed E-state index contributed by atoms with van der Waals surface area (Å²) in [6.45, 7) is 4.93. The number of amides is 1. The lowest BCUT2D eigenvalue weighted by atomic mass is 10.0. The minimum absolute atomic E-state index is 0.00507. The van der Waals surface area contributed by atoms with Crippen molar-refractivity contribution in [1.29, 1.82) is 0 Å². The van der Waals surface area contributed by atoms with E-state index in [0.29, 0.717) is 5.56 Å². The van der Waals surface area contributed by atoms with Gasteiger partial charge >= 0.3 is 0 Å². The zero-order valence-electron chi connectivity index (χ0n) is 12.0. The Labute approximate surface area is 119 Å². The van der Waals surface area contributed by atoms with Crippen LogP contribution in [0.3, 0.4) is 0 Å². The fourth-order valence-corrected chi connectivity index (χ4v) is 2.80. The van der Waals surface area contributed by atoms with E-state index in [4.69, 9.17) is 5.73 Å². The minimum Gasteiger partial charge on any atom is -0.371 e. The van der Waals surface area contributed by atoms with Gasteiger partial charge in [0.25, 0.3) is 0 Å². The summed E-state index contributed by atoms with van der Waals surface area (Å²) in [6.07, 6.45) is 1.74. The zero-order valence-corrected chi connectivity index (χ0v) is 12.0. The van der Waals surface area contributed by atoms with Gasteiger partial charge in [0.15, 0.2) is 0 Å². The standard InChI is InChI=1S/C15H22FN3O/c1-10(17)15-13(16)4-3-5-14(15)19-8-6-12(7-9-19)18-11(2)20/h3-5,10,12H,6-9,17H2,1-2H3,(H,18,20)/t10-/m1/s1. The van der Waals surface area contributed by atoms with Crippen molar-refractivity contribution in [3.63, 3.8) is 0 Å². The normalized spacial score (nSPS) is 17.9. The molecule has 1 heterocycles. The minimum atomic E-state index is -0.334. The Balaban J connectivity index is 2.11. The van der Waals surface area contributed by atoms with Crippen LogP contribution in [0.4, 0.5) is 10.1 Å². The molecule has 3 N–H and O–H groups in total. The van der Waals surface area contributed by atoms with Gasteiger partial charge in [-0.25, -0.2) is 4.39 Å². The summed E-state index contributed by atoms with van der Waals surface area (Å²) < 4.78 is 13.9. The van der Waals surface area contributed by atoms with Gasteiger partial charge in [-0.3, -0.25) is 4.79 Å². The quantitative estimate of drug-likeness (QED) is 0.889. The van der Waals surface area contributed by atoms with Crippen LogP contribution in [0.15, 0.2) is 18.2 Å². The lowest BCUT2D eigenvalue weighted by molar-refractivity contribution is -0.119. The van der Waals surface area contributed by atoms with Crippen LogP contribution < -0.4 is 16.0 Å². The highest BCUT2D eigenvalue weighted by Crippen LogP contribution is 2.29. The number of anilines is 1. The van der Waals surface area contributed by atoms with Crippen molar-refractivity contribution >= 4 is 11.6 Å². The first-order valence-electron chi connectivity index (χ1n) is 7.05. The highest BCUT2D eigenvalue weighted by Gasteiger charge is 2.23. The number of carbonyl (C=O) groups excluding carboxylic acids is 1. The number of nitrogens with zero attached hydrogens (tertiary/aromatic N) is 1. The Kier molecular flexibility index (Phi) is 4.60. The van der Waals surface area contributed by atoms with Gasteiger partial charge in [0.05, 0.1) is 0 Å². The van der Waals surface area contributed by atoms with Crippen LogP contribution in [0.2, 0.25) is 0 Å². The average Bonchev–Trinajstić information content (AvgIpc) is 2.38. The third-order valence-electron chi connectivity index (χ3n) is 3.73. The van der Waals surface area contributed by atoms with Crippen LogP contribution in [0.25, 0.3) is 0 Å². The van der Waals surface area contributed by atoms with Gasteiger partial charge < -0.3 is 16.0 Å². The van der Waals surface area contributed by atoms with Crippen LogP contribution in [0, 0.1) is 5.82 Å². The number of nitrogens with one attached hydrogen (secondary N) is 1. The number of piperidine rings is 1. The van der Waals surface area contributed by atoms with E-state index in [9.17, 15) is 9.18 Å². The second kappa shape index (κ2) is 6.22. The van der Waals surface area contributed by atoms with Gasteiger partial charge in [-0.2, -0.15) is 0 Å². The summed E-state index contributed by atoms with van der Waals surface area (Å²) >= 11 is 0. The lowest BCUT2D eigenvalue weighted by Gasteiger charge is -2.35. The molecule has 0 unspecified atom stereocenters. The number of carbonyl (C=O) groups is 1. The van der Waals surface area contributed by atoms with Crippen LogP contribution in [-0.4, -0.2) is 25.0 Å². The van der Waals surface area contributed by atoms with Gasteiger partial charge in [-0.1, -0.05) is 6.07 Å². The fraction of sp³-hybridized carbons (Fsp3) is 0.533. The van der Waals surface area contributed by atoms with Crippen LogP contribution in [0.1, 0.15) is 38.3 Å². The molecular formula is C15H22FN3O. The molecule has 1 amide bonds. The van der Waals surface area contributed by atoms with Crippen molar-refractivity contribution in [3.05, 3.63) is 29.6 Å². The molecule has 1 saturated heterocycles. The molecule has 110 valence electrons. The van der Waals surface area contributed by atoms with Gasteiger partial charge in [-0.05, 0) is 31.9 Å². The van der Waals surface area contributed by atoms with E-state index in [-0.39, 0.29) is 23.8 Å². The topological polar surface area (TPSA) is 58.4 Å². The predicted molar refractivity (Wildman–Crippen MR) is 78.1 cm³/mol. The Morgan fingerprint density at radius 1 is 1.45 bits per heavy atom. The number of nitrogens with two attached hydrogens (primary N) is 1. The number of rotatable bonds is 3. The summed E-state index contributed by atoms with van der Waals surface area (Å²) in [7, 11) is 0. The smallest absolute Gasteiger partial charge is 0.217 e. The van der Waals surface area contributed by atoms with Gasteiger partial charge in [0, 0.05) is 43.3 Å². The molecule has 1 fully saturated rings. The second-order valence-corrected chi connectivity index (χ2v) is 5.42. The SMILES string of the molecule is CC(=O)NC1CCN(c2cccc(F)c2[C@@H](C)N)CC1. The molecule has 1 aromatic rings. The summed E-state index contributed by atoms with van der Waals surface area (Å²) in [5.74, 6) is -0.244. The molecule has 0 aromatic heterocycles. The molecule has 5 heteroatoms. The predicted octanol–water partition coefficient (Wildman–Crippen LogP) is 1.95. The molecule has 4 nitrogen and oxygen atoms in total. The third kappa shape index (κ3) is 3.28. The molecule has 0 radical (unpaired) electrons. The van der Waals surface area contributed by atoms with Gasteiger partial charge in [0.1, 0.15) is 5.82 Å². The summed E-state index contributed by atoms with van der Waals surface area (Å²) in [4.78, 5) is 13.2. The van der Waals surface area contributed by atoms with Gasteiger partial charge in [-0.15, -0.1) is 0 Å². The molecule has 0 bridgehead atoms. The van der Waals surface area contributed by atoms with Crippen LogP contribution >= 0.6 is 0 Å². The van der Waals surface area contributed by atoms with E-state index in [2.05, 4.69) is 10.2 Å². The maximum Gasteiger partial charge on any atom is 0.217 e. The molecule has 0 saturated carbocycles. The maximum atomic E-state index is 13.9. The third-order valence-corrected chi connectivity index (χ3v) is 3.73. The van der Waals surface area contributed by atoms with E-state index in [1.54, 1.807) is 13.0 Å². The van der Waals surface area contributed by atoms with Crippen molar-refractivity contribution < 1.29 is 9.18 Å². The van der Waals surface area contributed by atoms with E-state index >= 15 is 0 Å². The molecule has 1 aliphatic rings. The fourth-order valence-electron chi connectivity index (χ4n) is 2.80. The van der Waals surface area contributed by atoms with E-state index in [0.717, 1.165) is 31.6 Å². The second-order valence-electron chi connectivity index (χ2n) is 5.42. The van der Waals surface area contributed by atoms with E-state index < -0.39 is 0 Å².